The Morgan fingerprint density at radius 3 is 2.61 bits per heavy atom. The first-order chi connectivity index (χ1) is 11.0. The molecule has 0 aliphatic carbocycles. The summed E-state index contributed by atoms with van der Waals surface area (Å²) in [4.78, 5) is 26.3. The highest BCUT2D eigenvalue weighted by atomic mass is 16.5. The topological polar surface area (TPSA) is 58.6 Å². The highest BCUT2D eigenvalue weighted by Crippen LogP contribution is 2.17. The number of methoxy groups -OCH3 is 1. The molecule has 0 aliphatic rings. The third kappa shape index (κ3) is 5.93. The number of rotatable bonds is 9. The van der Waals surface area contributed by atoms with E-state index in [1.807, 2.05) is 38.1 Å². The Kier molecular flexibility index (Phi) is 8.16. The molecule has 0 radical (unpaired) electrons. The van der Waals surface area contributed by atoms with E-state index in [-0.39, 0.29) is 11.8 Å². The van der Waals surface area contributed by atoms with Crippen LogP contribution in [0, 0.1) is 0 Å². The SMILES string of the molecule is CCCNC(=O)C(C)N(Cc1cccc(OC)c1)C(=O)CCC. The molecule has 1 atom stereocenters. The van der Waals surface area contributed by atoms with E-state index in [0.717, 1.165) is 24.2 Å². The molecule has 1 rings (SSSR count). The number of carbonyl (C=O) groups excluding carboxylic acids is 2. The Labute approximate surface area is 139 Å². The Morgan fingerprint density at radius 1 is 1.26 bits per heavy atom. The predicted molar refractivity (Wildman–Crippen MR) is 91.2 cm³/mol. The van der Waals surface area contributed by atoms with Gasteiger partial charge in [-0.05, 0) is 37.5 Å². The van der Waals surface area contributed by atoms with E-state index in [1.54, 1.807) is 18.9 Å². The van der Waals surface area contributed by atoms with Crippen LogP contribution < -0.4 is 10.1 Å². The molecule has 0 aliphatic heterocycles. The van der Waals surface area contributed by atoms with Crippen molar-refractivity contribution in [1.29, 1.82) is 0 Å². The summed E-state index contributed by atoms with van der Waals surface area (Å²) in [5, 5.41) is 2.86. The van der Waals surface area contributed by atoms with Crippen LogP contribution in [-0.2, 0) is 16.1 Å². The Hall–Kier alpha value is -2.04. The number of nitrogens with zero attached hydrogens (tertiary/aromatic N) is 1. The van der Waals surface area contributed by atoms with Gasteiger partial charge in [0.15, 0.2) is 0 Å². The molecule has 0 saturated carbocycles. The first kappa shape index (κ1) is 19.0. The van der Waals surface area contributed by atoms with Crippen molar-refractivity contribution in [3.63, 3.8) is 0 Å². The van der Waals surface area contributed by atoms with Gasteiger partial charge in [-0.2, -0.15) is 0 Å². The van der Waals surface area contributed by atoms with Crippen LogP contribution in [0.25, 0.3) is 0 Å². The second-order valence-corrected chi connectivity index (χ2v) is 5.59. The maximum absolute atomic E-state index is 12.4. The van der Waals surface area contributed by atoms with E-state index in [1.165, 1.54) is 0 Å². The first-order valence-corrected chi connectivity index (χ1v) is 8.23. The second-order valence-electron chi connectivity index (χ2n) is 5.59. The van der Waals surface area contributed by atoms with E-state index in [0.29, 0.717) is 19.5 Å². The van der Waals surface area contributed by atoms with Gasteiger partial charge < -0.3 is 15.0 Å². The number of carbonyl (C=O) groups is 2. The summed E-state index contributed by atoms with van der Waals surface area (Å²) in [5.41, 5.74) is 0.948. The van der Waals surface area contributed by atoms with Gasteiger partial charge in [-0.1, -0.05) is 26.0 Å². The highest BCUT2D eigenvalue weighted by molar-refractivity contribution is 5.87. The number of nitrogens with one attached hydrogen (secondary N) is 1. The van der Waals surface area contributed by atoms with E-state index in [2.05, 4.69) is 5.32 Å². The van der Waals surface area contributed by atoms with Crippen LogP contribution in [0.15, 0.2) is 24.3 Å². The summed E-state index contributed by atoms with van der Waals surface area (Å²) in [7, 11) is 1.61. The van der Waals surface area contributed by atoms with Crippen LogP contribution in [-0.4, -0.2) is 36.4 Å². The predicted octanol–water partition coefficient (Wildman–Crippen LogP) is 2.74. The van der Waals surface area contributed by atoms with Gasteiger partial charge in [-0.3, -0.25) is 9.59 Å². The molecule has 0 bridgehead atoms. The minimum atomic E-state index is -0.494. The van der Waals surface area contributed by atoms with Crippen molar-refractivity contribution >= 4 is 11.8 Å². The van der Waals surface area contributed by atoms with E-state index in [9.17, 15) is 9.59 Å². The van der Waals surface area contributed by atoms with Gasteiger partial charge in [0.25, 0.3) is 0 Å². The van der Waals surface area contributed by atoms with E-state index >= 15 is 0 Å². The first-order valence-electron chi connectivity index (χ1n) is 8.23. The molecular formula is C18H28N2O3. The lowest BCUT2D eigenvalue weighted by atomic mass is 10.1. The van der Waals surface area contributed by atoms with E-state index in [4.69, 9.17) is 4.74 Å². The fourth-order valence-corrected chi connectivity index (χ4v) is 2.30. The molecule has 5 heteroatoms. The molecule has 2 amide bonds. The summed E-state index contributed by atoms with van der Waals surface area (Å²) in [6.45, 7) is 6.76. The summed E-state index contributed by atoms with van der Waals surface area (Å²) in [6, 6.07) is 7.08. The van der Waals surface area contributed by atoms with Crippen LogP contribution in [0.2, 0.25) is 0 Å². The second kappa shape index (κ2) is 9.87. The number of hydrogen-bond donors (Lipinski definition) is 1. The molecular weight excluding hydrogens is 292 g/mol. The maximum Gasteiger partial charge on any atom is 0.242 e. The minimum absolute atomic E-state index is 0.00512. The van der Waals surface area contributed by atoms with Crippen molar-refractivity contribution < 1.29 is 14.3 Å². The quantitative estimate of drug-likeness (QED) is 0.761. The van der Waals surface area contributed by atoms with Gasteiger partial charge >= 0.3 is 0 Å². The van der Waals surface area contributed by atoms with Crippen LogP contribution in [0.5, 0.6) is 5.75 Å². The average Bonchev–Trinajstić information content (AvgIpc) is 2.57. The van der Waals surface area contributed by atoms with Gasteiger partial charge in [0, 0.05) is 19.5 Å². The van der Waals surface area contributed by atoms with Gasteiger partial charge in [-0.25, -0.2) is 0 Å². The number of ether oxygens (including phenoxy) is 1. The van der Waals surface area contributed by atoms with Crippen molar-refractivity contribution in [2.45, 2.75) is 52.6 Å². The normalized spacial score (nSPS) is 11.7. The third-order valence-electron chi connectivity index (χ3n) is 3.67. The van der Waals surface area contributed by atoms with Crippen LogP contribution in [0.1, 0.15) is 45.6 Å². The fourth-order valence-electron chi connectivity index (χ4n) is 2.30. The summed E-state index contributed by atoms with van der Waals surface area (Å²) < 4.78 is 5.22. The summed E-state index contributed by atoms with van der Waals surface area (Å²) in [6.07, 6.45) is 2.07. The maximum atomic E-state index is 12.4. The summed E-state index contributed by atoms with van der Waals surface area (Å²) >= 11 is 0. The molecule has 0 heterocycles. The molecule has 23 heavy (non-hydrogen) atoms. The molecule has 1 unspecified atom stereocenters. The highest BCUT2D eigenvalue weighted by Gasteiger charge is 2.25. The zero-order valence-electron chi connectivity index (χ0n) is 14.6. The number of hydrogen-bond acceptors (Lipinski definition) is 3. The molecule has 0 saturated heterocycles. The number of amides is 2. The summed E-state index contributed by atoms with van der Waals surface area (Å²) in [5.74, 6) is 0.627. The third-order valence-corrected chi connectivity index (χ3v) is 3.67. The average molecular weight is 320 g/mol. The van der Waals surface area contributed by atoms with Crippen molar-refractivity contribution in [1.82, 2.24) is 10.2 Å². The largest absolute Gasteiger partial charge is 0.497 e. The standard InChI is InChI=1S/C18H28N2O3/c1-5-8-17(21)20(14(3)18(22)19-11-6-2)13-15-9-7-10-16(12-15)23-4/h7,9-10,12,14H,5-6,8,11,13H2,1-4H3,(H,19,22). The van der Waals surface area contributed by atoms with Crippen molar-refractivity contribution in [2.24, 2.45) is 0 Å². The smallest absolute Gasteiger partial charge is 0.242 e. The lowest BCUT2D eigenvalue weighted by Gasteiger charge is -2.29. The van der Waals surface area contributed by atoms with Gasteiger partial charge in [0.05, 0.1) is 7.11 Å². The lowest BCUT2D eigenvalue weighted by Crippen LogP contribution is -2.47. The Bertz CT molecular complexity index is 517. The lowest BCUT2D eigenvalue weighted by molar-refractivity contribution is -0.140. The zero-order valence-corrected chi connectivity index (χ0v) is 14.6. The molecule has 1 aromatic rings. The van der Waals surface area contributed by atoms with Crippen LogP contribution in [0.4, 0.5) is 0 Å². The van der Waals surface area contributed by atoms with Gasteiger partial charge in [0.1, 0.15) is 11.8 Å². The number of benzene rings is 1. The fraction of sp³-hybridized carbons (Fsp3) is 0.556. The molecule has 0 aromatic heterocycles. The molecule has 0 spiro atoms. The van der Waals surface area contributed by atoms with Gasteiger partial charge in [0.2, 0.25) is 11.8 Å². The minimum Gasteiger partial charge on any atom is -0.497 e. The monoisotopic (exact) mass is 320 g/mol. The molecule has 5 nitrogen and oxygen atoms in total. The van der Waals surface area contributed by atoms with E-state index < -0.39 is 6.04 Å². The molecule has 1 N–H and O–H groups in total. The molecule has 0 fully saturated rings. The van der Waals surface area contributed by atoms with Crippen molar-refractivity contribution in [3.8, 4) is 5.75 Å². The molecule has 1 aromatic carbocycles. The van der Waals surface area contributed by atoms with Crippen LogP contribution in [0.3, 0.4) is 0 Å². The van der Waals surface area contributed by atoms with Gasteiger partial charge in [-0.15, -0.1) is 0 Å². The Balaban J connectivity index is 2.90. The van der Waals surface area contributed by atoms with Crippen LogP contribution >= 0.6 is 0 Å². The Morgan fingerprint density at radius 2 is 2.00 bits per heavy atom. The molecule has 128 valence electrons. The van der Waals surface area contributed by atoms with Crippen molar-refractivity contribution in [3.05, 3.63) is 29.8 Å². The van der Waals surface area contributed by atoms with Crippen molar-refractivity contribution in [2.75, 3.05) is 13.7 Å². The zero-order chi connectivity index (χ0) is 17.2.